The number of imidazole rings is 1. The first-order valence-electron chi connectivity index (χ1n) is 10.8. The van der Waals surface area contributed by atoms with Gasteiger partial charge in [-0.1, -0.05) is 18.9 Å². The average Bonchev–Trinajstić information content (AvgIpc) is 3.50. The van der Waals surface area contributed by atoms with E-state index in [1.54, 1.807) is 18.2 Å². The second kappa shape index (κ2) is 6.97. The predicted octanol–water partition coefficient (Wildman–Crippen LogP) is 4.14. The number of likely N-dealkylation sites (tertiary alicyclic amines) is 1. The SMILES string of the molecule is O=C(c1cccc2c1ncn2CC(F)(F)F)N1CC[C@@](O)(C2CC2)[C@@H]2CCCCC21. The summed E-state index contributed by atoms with van der Waals surface area (Å²) in [6.45, 7) is -0.656. The van der Waals surface area contributed by atoms with E-state index in [0.29, 0.717) is 35.5 Å². The number of amides is 1. The van der Waals surface area contributed by atoms with E-state index in [1.165, 1.54) is 0 Å². The second-order valence-electron chi connectivity index (χ2n) is 9.13. The van der Waals surface area contributed by atoms with E-state index in [0.717, 1.165) is 49.4 Å². The molecule has 1 aliphatic heterocycles. The van der Waals surface area contributed by atoms with Crippen molar-refractivity contribution in [3.05, 3.63) is 30.1 Å². The highest BCUT2D eigenvalue weighted by Gasteiger charge is 2.56. The fourth-order valence-electron chi connectivity index (χ4n) is 5.80. The summed E-state index contributed by atoms with van der Waals surface area (Å²) in [4.78, 5) is 19.5. The van der Waals surface area contributed by atoms with Gasteiger partial charge in [0.2, 0.25) is 0 Å². The maximum atomic E-state index is 13.5. The van der Waals surface area contributed by atoms with Gasteiger partial charge < -0.3 is 14.6 Å². The number of benzene rings is 1. The van der Waals surface area contributed by atoms with E-state index in [1.807, 2.05) is 4.90 Å². The number of carbonyl (C=O) groups is 1. The van der Waals surface area contributed by atoms with Crippen LogP contribution in [0, 0.1) is 11.8 Å². The molecule has 3 fully saturated rings. The van der Waals surface area contributed by atoms with Gasteiger partial charge in [0.1, 0.15) is 12.1 Å². The number of halogens is 3. The quantitative estimate of drug-likeness (QED) is 0.810. The number of piperidine rings is 1. The maximum Gasteiger partial charge on any atom is 0.406 e. The maximum absolute atomic E-state index is 13.5. The number of rotatable bonds is 3. The fourth-order valence-corrected chi connectivity index (χ4v) is 5.80. The molecule has 2 aromatic rings. The topological polar surface area (TPSA) is 58.4 Å². The molecular weight excluding hydrogens is 395 g/mol. The lowest BCUT2D eigenvalue weighted by Crippen LogP contribution is -2.61. The van der Waals surface area contributed by atoms with Crippen molar-refractivity contribution >= 4 is 16.9 Å². The van der Waals surface area contributed by atoms with Gasteiger partial charge in [-0.3, -0.25) is 4.79 Å². The summed E-state index contributed by atoms with van der Waals surface area (Å²) < 4.78 is 39.7. The third kappa shape index (κ3) is 3.29. The third-order valence-corrected chi connectivity index (χ3v) is 7.30. The molecule has 5 rings (SSSR count). The highest BCUT2D eigenvalue weighted by atomic mass is 19.4. The lowest BCUT2D eigenvalue weighted by molar-refractivity contribution is -0.140. The van der Waals surface area contributed by atoms with Crippen LogP contribution in [0.5, 0.6) is 0 Å². The molecule has 1 N–H and O–H groups in total. The van der Waals surface area contributed by atoms with Crippen LogP contribution in [-0.2, 0) is 6.54 Å². The molecule has 2 saturated carbocycles. The number of para-hydroxylation sites is 1. The molecule has 30 heavy (non-hydrogen) atoms. The second-order valence-corrected chi connectivity index (χ2v) is 9.13. The van der Waals surface area contributed by atoms with Crippen LogP contribution in [0.1, 0.15) is 55.3 Å². The monoisotopic (exact) mass is 421 g/mol. The molecule has 1 aromatic carbocycles. The van der Waals surface area contributed by atoms with E-state index in [2.05, 4.69) is 4.98 Å². The Bertz CT molecular complexity index is 968. The molecular formula is C22H26F3N3O2. The van der Waals surface area contributed by atoms with E-state index < -0.39 is 18.3 Å². The Kier molecular flexibility index (Phi) is 4.61. The van der Waals surface area contributed by atoms with Crippen LogP contribution >= 0.6 is 0 Å². The van der Waals surface area contributed by atoms with Crippen LogP contribution in [0.25, 0.3) is 11.0 Å². The minimum Gasteiger partial charge on any atom is -0.389 e. The summed E-state index contributed by atoms with van der Waals surface area (Å²) in [5.74, 6) is 0.243. The van der Waals surface area contributed by atoms with Crippen molar-refractivity contribution in [2.75, 3.05) is 6.54 Å². The molecule has 0 bridgehead atoms. The molecule has 162 valence electrons. The number of aromatic nitrogens is 2. The van der Waals surface area contributed by atoms with E-state index in [4.69, 9.17) is 0 Å². The van der Waals surface area contributed by atoms with Gasteiger partial charge >= 0.3 is 6.18 Å². The van der Waals surface area contributed by atoms with Crippen LogP contribution in [0.2, 0.25) is 0 Å². The smallest absolute Gasteiger partial charge is 0.389 e. The summed E-state index contributed by atoms with van der Waals surface area (Å²) in [7, 11) is 0. The van der Waals surface area contributed by atoms with Crippen LogP contribution in [0.3, 0.4) is 0 Å². The van der Waals surface area contributed by atoms with Gasteiger partial charge in [0.05, 0.1) is 23.0 Å². The minimum atomic E-state index is -4.36. The number of nitrogens with zero attached hydrogens (tertiary/aromatic N) is 3. The number of hydrogen-bond donors (Lipinski definition) is 1. The van der Waals surface area contributed by atoms with Gasteiger partial charge in [-0.15, -0.1) is 0 Å². The van der Waals surface area contributed by atoms with Gasteiger partial charge in [-0.25, -0.2) is 4.98 Å². The zero-order valence-corrected chi connectivity index (χ0v) is 16.7. The Morgan fingerprint density at radius 1 is 1.20 bits per heavy atom. The summed E-state index contributed by atoms with van der Waals surface area (Å²) in [5, 5.41) is 11.4. The first-order valence-corrected chi connectivity index (χ1v) is 10.8. The first kappa shape index (κ1) is 19.8. The molecule has 1 amide bonds. The van der Waals surface area contributed by atoms with E-state index in [-0.39, 0.29) is 17.9 Å². The zero-order valence-electron chi connectivity index (χ0n) is 16.7. The Labute approximate surface area is 172 Å². The zero-order chi connectivity index (χ0) is 21.1. The van der Waals surface area contributed by atoms with Crippen molar-refractivity contribution in [2.24, 2.45) is 11.8 Å². The van der Waals surface area contributed by atoms with Gasteiger partial charge in [0.25, 0.3) is 5.91 Å². The highest BCUT2D eigenvalue weighted by molar-refractivity contribution is 6.05. The lowest BCUT2D eigenvalue weighted by atomic mass is 9.67. The van der Waals surface area contributed by atoms with Crippen molar-refractivity contribution < 1.29 is 23.1 Å². The standard InChI is InChI=1S/C22H26F3N3O2/c23-22(24,25)12-27-13-26-19-15(4-3-7-18(19)27)20(29)28-11-10-21(30,14-8-9-14)16-5-1-2-6-17(16)28/h3-4,7,13-14,16-17,30H,1-2,5-6,8-12H2/t16-,17?,21-/m1/s1. The van der Waals surface area contributed by atoms with Gasteiger partial charge in [0.15, 0.2) is 0 Å². The molecule has 5 nitrogen and oxygen atoms in total. The molecule has 1 unspecified atom stereocenters. The van der Waals surface area contributed by atoms with Crippen molar-refractivity contribution in [1.29, 1.82) is 0 Å². The Morgan fingerprint density at radius 2 is 1.97 bits per heavy atom. The Hall–Kier alpha value is -2.09. The van der Waals surface area contributed by atoms with Gasteiger partial charge in [-0.2, -0.15) is 13.2 Å². The largest absolute Gasteiger partial charge is 0.406 e. The molecule has 2 heterocycles. The lowest BCUT2D eigenvalue weighted by Gasteiger charge is -2.52. The number of hydrogen-bond acceptors (Lipinski definition) is 3. The number of carbonyl (C=O) groups excluding carboxylic acids is 1. The molecule has 3 aliphatic rings. The molecule has 0 radical (unpaired) electrons. The summed E-state index contributed by atoms with van der Waals surface area (Å²) >= 11 is 0. The first-order chi connectivity index (χ1) is 14.3. The summed E-state index contributed by atoms with van der Waals surface area (Å²) in [5.41, 5.74) is 0.281. The Morgan fingerprint density at radius 3 is 2.70 bits per heavy atom. The van der Waals surface area contributed by atoms with E-state index >= 15 is 0 Å². The molecule has 0 spiro atoms. The van der Waals surface area contributed by atoms with Crippen LogP contribution in [0.4, 0.5) is 13.2 Å². The molecule has 2 aliphatic carbocycles. The highest BCUT2D eigenvalue weighted by Crippen LogP contribution is 2.52. The average molecular weight is 421 g/mol. The third-order valence-electron chi connectivity index (χ3n) is 7.30. The number of fused-ring (bicyclic) bond motifs is 2. The van der Waals surface area contributed by atoms with Crippen LogP contribution in [-0.4, -0.2) is 49.8 Å². The Balaban J connectivity index is 1.46. The van der Waals surface area contributed by atoms with Crippen molar-refractivity contribution in [1.82, 2.24) is 14.5 Å². The van der Waals surface area contributed by atoms with E-state index in [9.17, 15) is 23.1 Å². The molecule has 1 aromatic heterocycles. The van der Waals surface area contributed by atoms with Crippen LogP contribution in [0.15, 0.2) is 24.5 Å². The normalized spacial score (nSPS) is 29.8. The van der Waals surface area contributed by atoms with Crippen molar-refractivity contribution in [3.8, 4) is 0 Å². The molecule has 8 heteroatoms. The summed E-state index contributed by atoms with van der Waals surface area (Å²) in [6.07, 6.45) is 3.36. The summed E-state index contributed by atoms with van der Waals surface area (Å²) in [6, 6.07) is 4.82. The van der Waals surface area contributed by atoms with Crippen LogP contribution < -0.4 is 0 Å². The number of aliphatic hydroxyl groups is 1. The number of alkyl halides is 3. The van der Waals surface area contributed by atoms with Crippen molar-refractivity contribution in [2.45, 2.75) is 69.3 Å². The fraction of sp³-hybridized carbons (Fsp3) is 0.636. The predicted molar refractivity (Wildman–Crippen MR) is 105 cm³/mol. The van der Waals surface area contributed by atoms with Crippen molar-refractivity contribution in [3.63, 3.8) is 0 Å². The van der Waals surface area contributed by atoms with Gasteiger partial charge in [0, 0.05) is 18.5 Å². The van der Waals surface area contributed by atoms with Gasteiger partial charge in [-0.05, 0) is 50.2 Å². The molecule has 3 atom stereocenters. The molecule has 1 saturated heterocycles. The minimum absolute atomic E-state index is 0.0156.